The number of likely N-dealkylation sites (tertiary alicyclic amines) is 1. The van der Waals surface area contributed by atoms with Crippen molar-refractivity contribution in [2.45, 2.75) is 46.2 Å². The number of amides is 1. The number of guanidine groups is 1. The number of hydrogen-bond donors (Lipinski definition) is 3. The molecule has 0 spiro atoms. The molecule has 1 aliphatic rings. The Morgan fingerprint density at radius 2 is 1.93 bits per heavy atom. The third-order valence-corrected chi connectivity index (χ3v) is 5.11. The molecule has 1 saturated heterocycles. The van der Waals surface area contributed by atoms with Crippen LogP contribution >= 0.6 is 24.0 Å². The number of carbonyl (C=O) groups is 1. The molecule has 1 amide bonds. The van der Waals surface area contributed by atoms with E-state index in [-0.39, 0.29) is 29.9 Å². The largest absolute Gasteiger partial charge is 0.356 e. The van der Waals surface area contributed by atoms with Crippen LogP contribution < -0.4 is 16.0 Å². The van der Waals surface area contributed by atoms with Crippen LogP contribution in [0.2, 0.25) is 0 Å². The van der Waals surface area contributed by atoms with E-state index in [0.717, 1.165) is 25.6 Å². The van der Waals surface area contributed by atoms with E-state index in [2.05, 4.69) is 56.2 Å². The van der Waals surface area contributed by atoms with Crippen molar-refractivity contribution in [3.8, 4) is 0 Å². The first-order chi connectivity index (χ1) is 13.0. The number of halogens is 1. The van der Waals surface area contributed by atoms with Crippen molar-refractivity contribution in [3.05, 3.63) is 35.9 Å². The Morgan fingerprint density at radius 3 is 2.57 bits per heavy atom. The SMILES string of the molecule is CCNC(=O)C(C)(C)CNC(=NC)NCC1CCCN1Cc1ccccc1.I. The molecule has 7 heteroatoms. The van der Waals surface area contributed by atoms with Gasteiger partial charge in [0.05, 0.1) is 5.41 Å². The Bertz CT molecular complexity index is 620. The van der Waals surface area contributed by atoms with Crippen molar-refractivity contribution in [1.29, 1.82) is 0 Å². The second kappa shape index (κ2) is 12.3. The molecule has 1 unspecified atom stereocenters. The summed E-state index contributed by atoms with van der Waals surface area (Å²) in [5, 5.41) is 9.62. The van der Waals surface area contributed by atoms with Gasteiger partial charge in [0.15, 0.2) is 5.96 Å². The summed E-state index contributed by atoms with van der Waals surface area (Å²) in [4.78, 5) is 19.0. The number of benzene rings is 1. The molecule has 1 aromatic carbocycles. The van der Waals surface area contributed by atoms with E-state index < -0.39 is 5.41 Å². The second-order valence-electron chi connectivity index (χ2n) is 7.80. The molecule has 28 heavy (non-hydrogen) atoms. The summed E-state index contributed by atoms with van der Waals surface area (Å²) < 4.78 is 0. The van der Waals surface area contributed by atoms with Crippen molar-refractivity contribution >= 4 is 35.8 Å². The molecule has 2 rings (SSSR count). The van der Waals surface area contributed by atoms with Gasteiger partial charge in [-0.2, -0.15) is 0 Å². The Labute approximate surface area is 187 Å². The second-order valence-corrected chi connectivity index (χ2v) is 7.80. The summed E-state index contributed by atoms with van der Waals surface area (Å²) in [5.74, 6) is 0.803. The smallest absolute Gasteiger partial charge is 0.227 e. The summed E-state index contributed by atoms with van der Waals surface area (Å²) in [5.41, 5.74) is 0.871. The number of hydrogen-bond acceptors (Lipinski definition) is 3. The standard InChI is InChI=1S/C21H35N5O.HI/c1-5-23-19(27)21(2,3)16-25-20(22-4)24-14-18-12-9-13-26(18)15-17-10-7-6-8-11-17;/h6-8,10-11,18H,5,9,12-16H2,1-4H3,(H,23,27)(H2,22,24,25);1H. The Hall–Kier alpha value is -1.35. The minimum atomic E-state index is -0.486. The minimum absolute atomic E-state index is 0. The molecule has 1 fully saturated rings. The number of carbonyl (C=O) groups excluding carboxylic acids is 1. The van der Waals surface area contributed by atoms with Crippen LogP contribution in [0.4, 0.5) is 0 Å². The zero-order valence-corrected chi connectivity index (χ0v) is 20.0. The zero-order chi connectivity index (χ0) is 19.7. The van der Waals surface area contributed by atoms with E-state index in [1.54, 1.807) is 7.05 Å². The van der Waals surface area contributed by atoms with Crippen molar-refractivity contribution in [2.24, 2.45) is 10.4 Å². The lowest BCUT2D eigenvalue weighted by atomic mass is 9.92. The lowest BCUT2D eigenvalue weighted by Crippen LogP contribution is -2.49. The van der Waals surface area contributed by atoms with Crippen molar-refractivity contribution in [2.75, 3.05) is 33.2 Å². The first-order valence-corrected chi connectivity index (χ1v) is 9.97. The molecule has 1 aromatic rings. The maximum atomic E-state index is 12.1. The Morgan fingerprint density at radius 1 is 1.21 bits per heavy atom. The van der Waals surface area contributed by atoms with Crippen LogP contribution in [0.1, 0.15) is 39.2 Å². The average molecular weight is 501 g/mol. The minimum Gasteiger partial charge on any atom is -0.356 e. The van der Waals surface area contributed by atoms with Crippen molar-refractivity contribution in [1.82, 2.24) is 20.9 Å². The summed E-state index contributed by atoms with van der Waals surface area (Å²) in [6, 6.07) is 11.1. The fraction of sp³-hybridized carbons (Fsp3) is 0.619. The summed E-state index contributed by atoms with van der Waals surface area (Å²) in [6.45, 7) is 9.98. The Balaban J connectivity index is 0.00000392. The van der Waals surface area contributed by atoms with Gasteiger partial charge in [-0.25, -0.2) is 0 Å². The molecule has 0 saturated carbocycles. The molecule has 3 N–H and O–H groups in total. The molecular weight excluding hydrogens is 465 g/mol. The highest BCUT2D eigenvalue weighted by atomic mass is 127. The van der Waals surface area contributed by atoms with Crippen LogP contribution in [0.15, 0.2) is 35.3 Å². The van der Waals surface area contributed by atoms with Gasteiger partial charge < -0.3 is 16.0 Å². The van der Waals surface area contributed by atoms with Gasteiger partial charge in [0.1, 0.15) is 0 Å². The molecule has 1 aliphatic heterocycles. The van der Waals surface area contributed by atoms with Gasteiger partial charge in [0.25, 0.3) is 0 Å². The summed E-state index contributed by atoms with van der Waals surface area (Å²) >= 11 is 0. The molecule has 158 valence electrons. The first-order valence-electron chi connectivity index (χ1n) is 9.97. The third-order valence-electron chi connectivity index (χ3n) is 5.11. The fourth-order valence-corrected chi connectivity index (χ4v) is 3.37. The highest BCUT2D eigenvalue weighted by Crippen LogP contribution is 2.19. The molecule has 1 atom stereocenters. The Kier molecular flexibility index (Phi) is 10.8. The monoisotopic (exact) mass is 501 g/mol. The maximum absolute atomic E-state index is 12.1. The van der Waals surface area contributed by atoms with E-state index in [0.29, 0.717) is 19.1 Å². The molecule has 0 aliphatic carbocycles. The molecule has 1 heterocycles. The summed E-state index contributed by atoms with van der Waals surface area (Å²) in [6.07, 6.45) is 2.43. The van der Waals surface area contributed by atoms with Crippen LogP contribution in [-0.4, -0.2) is 56.0 Å². The van der Waals surface area contributed by atoms with Crippen LogP contribution in [0.3, 0.4) is 0 Å². The van der Waals surface area contributed by atoms with Gasteiger partial charge in [0, 0.05) is 39.3 Å². The number of nitrogens with zero attached hydrogens (tertiary/aromatic N) is 2. The van der Waals surface area contributed by atoms with E-state index in [9.17, 15) is 4.79 Å². The molecule has 0 aromatic heterocycles. The van der Waals surface area contributed by atoms with Gasteiger partial charge in [-0.05, 0) is 45.7 Å². The first kappa shape index (κ1) is 24.7. The molecular formula is C21H36IN5O. The van der Waals surface area contributed by atoms with E-state index in [4.69, 9.17) is 0 Å². The molecule has 6 nitrogen and oxygen atoms in total. The van der Waals surface area contributed by atoms with E-state index >= 15 is 0 Å². The number of aliphatic imine (C=N–C) groups is 1. The summed E-state index contributed by atoms with van der Waals surface area (Å²) in [7, 11) is 1.77. The van der Waals surface area contributed by atoms with Crippen LogP contribution in [0.25, 0.3) is 0 Å². The highest BCUT2D eigenvalue weighted by Gasteiger charge is 2.28. The third kappa shape index (κ3) is 7.58. The molecule has 0 radical (unpaired) electrons. The van der Waals surface area contributed by atoms with Crippen molar-refractivity contribution < 1.29 is 4.79 Å². The normalized spacial score (nSPS) is 17.7. The van der Waals surface area contributed by atoms with Crippen LogP contribution in [-0.2, 0) is 11.3 Å². The van der Waals surface area contributed by atoms with E-state index in [1.807, 2.05) is 20.8 Å². The van der Waals surface area contributed by atoms with Gasteiger partial charge in [0.2, 0.25) is 5.91 Å². The van der Waals surface area contributed by atoms with Crippen molar-refractivity contribution in [3.63, 3.8) is 0 Å². The average Bonchev–Trinajstić information content (AvgIpc) is 3.10. The predicted octanol–water partition coefficient (Wildman–Crippen LogP) is 2.60. The fourth-order valence-electron chi connectivity index (χ4n) is 3.37. The maximum Gasteiger partial charge on any atom is 0.227 e. The number of rotatable bonds is 8. The quantitative estimate of drug-likeness (QED) is 0.291. The van der Waals surface area contributed by atoms with E-state index in [1.165, 1.54) is 18.4 Å². The van der Waals surface area contributed by atoms with Gasteiger partial charge in [-0.1, -0.05) is 30.3 Å². The van der Waals surface area contributed by atoms with Crippen LogP contribution in [0.5, 0.6) is 0 Å². The van der Waals surface area contributed by atoms with Gasteiger partial charge in [-0.15, -0.1) is 24.0 Å². The van der Waals surface area contributed by atoms with Gasteiger partial charge in [-0.3, -0.25) is 14.7 Å². The topological polar surface area (TPSA) is 68.8 Å². The number of nitrogens with one attached hydrogen (secondary N) is 3. The molecule has 0 bridgehead atoms. The highest BCUT2D eigenvalue weighted by molar-refractivity contribution is 14.0. The zero-order valence-electron chi connectivity index (χ0n) is 17.6. The predicted molar refractivity (Wildman–Crippen MR) is 127 cm³/mol. The van der Waals surface area contributed by atoms with Gasteiger partial charge >= 0.3 is 0 Å². The van der Waals surface area contributed by atoms with Crippen LogP contribution in [0, 0.1) is 5.41 Å². The lowest BCUT2D eigenvalue weighted by Gasteiger charge is -2.27. The lowest BCUT2D eigenvalue weighted by molar-refractivity contribution is -0.128.